The molecule has 3 heteroatoms. The molecular formula is C7H16O2S. The lowest BCUT2D eigenvalue weighted by molar-refractivity contribution is 0.134. The summed E-state index contributed by atoms with van der Waals surface area (Å²) in [5.74, 6) is 2.11. The first-order valence-corrected chi connectivity index (χ1v) is 4.61. The maximum absolute atomic E-state index is 4.91. The van der Waals surface area contributed by atoms with Crippen molar-refractivity contribution in [1.29, 1.82) is 0 Å². The molecular weight excluding hydrogens is 148 g/mol. The van der Waals surface area contributed by atoms with Crippen LogP contribution in [0.25, 0.3) is 0 Å². The normalized spacial score (nSPS) is 16.8. The summed E-state index contributed by atoms with van der Waals surface area (Å²) >= 11 is 1.85. The van der Waals surface area contributed by atoms with Crippen LogP contribution in [0.5, 0.6) is 0 Å². The van der Waals surface area contributed by atoms with E-state index in [1.807, 2.05) is 25.6 Å². The maximum Gasteiger partial charge on any atom is 0.0922 e. The van der Waals surface area contributed by atoms with E-state index in [0.717, 1.165) is 12.5 Å². The van der Waals surface area contributed by atoms with Crippen molar-refractivity contribution in [3.05, 3.63) is 0 Å². The number of ether oxygens (including phenoxy) is 2. The Kier molecular flexibility index (Phi) is 7.58. The zero-order valence-corrected chi connectivity index (χ0v) is 7.74. The van der Waals surface area contributed by atoms with E-state index in [1.54, 1.807) is 7.11 Å². The molecule has 0 unspecified atom stereocenters. The summed E-state index contributed by atoms with van der Waals surface area (Å²) in [5.41, 5.74) is 0. The molecule has 10 heavy (non-hydrogen) atoms. The SMILES string of the molecule is C1CSCO1.COC(C)C. The van der Waals surface area contributed by atoms with Gasteiger partial charge in [-0.1, -0.05) is 0 Å². The van der Waals surface area contributed by atoms with Crippen molar-refractivity contribution >= 4 is 11.8 Å². The molecule has 2 nitrogen and oxygen atoms in total. The van der Waals surface area contributed by atoms with Gasteiger partial charge in [0.15, 0.2) is 0 Å². The van der Waals surface area contributed by atoms with E-state index >= 15 is 0 Å². The summed E-state index contributed by atoms with van der Waals surface area (Å²) in [6.45, 7) is 4.96. The molecule has 1 aliphatic heterocycles. The first kappa shape index (κ1) is 10.3. The molecule has 0 radical (unpaired) electrons. The van der Waals surface area contributed by atoms with Crippen LogP contribution in [0.4, 0.5) is 0 Å². The van der Waals surface area contributed by atoms with E-state index in [1.165, 1.54) is 5.75 Å². The lowest BCUT2D eigenvalue weighted by Crippen LogP contribution is -1.94. The molecule has 0 aromatic heterocycles. The van der Waals surface area contributed by atoms with E-state index in [-0.39, 0.29) is 0 Å². The third-order valence-electron chi connectivity index (χ3n) is 1.01. The number of methoxy groups -OCH3 is 1. The van der Waals surface area contributed by atoms with Crippen LogP contribution in [0.1, 0.15) is 13.8 Å². The van der Waals surface area contributed by atoms with Crippen molar-refractivity contribution in [2.24, 2.45) is 0 Å². The number of hydrogen-bond donors (Lipinski definition) is 0. The van der Waals surface area contributed by atoms with Gasteiger partial charge in [0.2, 0.25) is 0 Å². The summed E-state index contributed by atoms with van der Waals surface area (Å²) < 4.78 is 9.66. The minimum atomic E-state index is 0.384. The van der Waals surface area contributed by atoms with Gasteiger partial charge in [0, 0.05) is 12.9 Å². The Bertz CT molecular complexity index is 55.0. The standard InChI is InChI=1S/C4H10O.C3H6OS/c1-4(2)5-3;1-2-5-3-4-1/h4H,1-3H3;1-3H2. The van der Waals surface area contributed by atoms with Gasteiger partial charge in [0.05, 0.1) is 18.6 Å². The third-order valence-corrected chi connectivity index (χ3v) is 1.80. The van der Waals surface area contributed by atoms with Gasteiger partial charge in [-0.05, 0) is 13.8 Å². The second-order valence-electron chi connectivity index (χ2n) is 2.22. The van der Waals surface area contributed by atoms with Crippen LogP contribution >= 0.6 is 11.8 Å². The van der Waals surface area contributed by atoms with Gasteiger partial charge < -0.3 is 9.47 Å². The molecule has 0 saturated carbocycles. The van der Waals surface area contributed by atoms with Crippen molar-refractivity contribution in [2.45, 2.75) is 20.0 Å². The minimum absolute atomic E-state index is 0.384. The maximum atomic E-state index is 4.91. The predicted molar refractivity (Wildman–Crippen MR) is 45.4 cm³/mol. The third kappa shape index (κ3) is 8.27. The van der Waals surface area contributed by atoms with Gasteiger partial charge in [-0.15, -0.1) is 11.8 Å². The Labute approximate surface area is 67.3 Å². The van der Waals surface area contributed by atoms with Gasteiger partial charge >= 0.3 is 0 Å². The van der Waals surface area contributed by atoms with Crippen LogP contribution in [-0.4, -0.2) is 31.5 Å². The minimum Gasteiger partial charge on any atom is -0.382 e. The summed E-state index contributed by atoms with van der Waals surface area (Å²) in [6, 6.07) is 0. The van der Waals surface area contributed by atoms with Gasteiger partial charge in [-0.3, -0.25) is 0 Å². The molecule has 1 saturated heterocycles. The van der Waals surface area contributed by atoms with Crippen LogP contribution in [0.15, 0.2) is 0 Å². The van der Waals surface area contributed by atoms with Crippen molar-refractivity contribution in [3.8, 4) is 0 Å². The second-order valence-corrected chi connectivity index (χ2v) is 3.27. The monoisotopic (exact) mass is 164 g/mol. The van der Waals surface area contributed by atoms with E-state index in [4.69, 9.17) is 9.47 Å². The number of thioether (sulfide) groups is 1. The highest BCUT2D eigenvalue weighted by atomic mass is 32.2. The average molecular weight is 164 g/mol. The predicted octanol–water partition coefficient (Wildman–Crippen LogP) is 1.75. The van der Waals surface area contributed by atoms with Crippen LogP contribution in [0, 0.1) is 0 Å². The molecule has 0 N–H and O–H groups in total. The van der Waals surface area contributed by atoms with Crippen molar-refractivity contribution < 1.29 is 9.47 Å². The molecule has 1 heterocycles. The summed E-state index contributed by atoms with van der Waals surface area (Å²) in [6.07, 6.45) is 0.384. The molecule has 0 bridgehead atoms. The van der Waals surface area contributed by atoms with Gasteiger partial charge in [0.25, 0.3) is 0 Å². The highest BCUT2D eigenvalue weighted by molar-refractivity contribution is 7.99. The molecule has 1 rings (SSSR count). The molecule has 0 amide bonds. The quantitative estimate of drug-likeness (QED) is 0.588. The molecule has 0 aromatic rings. The Hall–Kier alpha value is 0.270. The van der Waals surface area contributed by atoms with Gasteiger partial charge in [-0.2, -0.15) is 0 Å². The highest BCUT2D eigenvalue weighted by Gasteiger charge is 1.94. The first-order valence-electron chi connectivity index (χ1n) is 3.45. The fraction of sp³-hybridized carbons (Fsp3) is 1.00. The average Bonchev–Trinajstić information content (AvgIpc) is 2.43. The summed E-state index contributed by atoms with van der Waals surface area (Å²) in [4.78, 5) is 0. The molecule has 62 valence electrons. The van der Waals surface area contributed by atoms with Crippen molar-refractivity contribution in [1.82, 2.24) is 0 Å². The lowest BCUT2D eigenvalue weighted by atomic mass is 10.5. The topological polar surface area (TPSA) is 18.5 Å². The first-order chi connectivity index (χ1) is 4.77. The zero-order chi connectivity index (χ0) is 7.82. The van der Waals surface area contributed by atoms with E-state index in [9.17, 15) is 0 Å². The van der Waals surface area contributed by atoms with Gasteiger partial charge in [0.1, 0.15) is 0 Å². The summed E-state index contributed by atoms with van der Waals surface area (Å²) in [7, 11) is 1.70. The van der Waals surface area contributed by atoms with Crippen LogP contribution < -0.4 is 0 Å². The zero-order valence-electron chi connectivity index (χ0n) is 6.92. The summed E-state index contributed by atoms with van der Waals surface area (Å²) in [5, 5.41) is 0. The second kappa shape index (κ2) is 7.38. The van der Waals surface area contributed by atoms with Crippen LogP contribution in [0.2, 0.25) is 0 Å². The smallest absolute Gasteiger partial charge is 0.0922 e. The molecule has 1 fully saturated rings. The Morgan fingerprint density at radius 2 is 2.10 bits per heavy atom. The fourth-order valence-corrected chi connectivity index (χ4v) is 0.884. The van der Waals surface area contributed by atoms with E-state index < -0.39 is 0 Å². The van der Waals surface area contributed by atoms with Gasteiger partial charge in [-0.25, -0.2) is 0 Å². The fourth-order valence-electron chi connectivity index (χ4n) is 0.295. The Morgan fingerprint density at radius 3 is 2.20 bits per heavy atom. The molecule has 0 aliphatic carbocycles. The largest absolute Gasteiger partial charge is 0.382 e. The van der Waals surface area contributed by atoms with E-state index in [2.05, 4.69) is 0 Å². The number of rotatable bonds is 1. The highest BCUT2D eigenvalue weighted by Crippen LogP contribution is 2.06. The van der Waals surface area contributed by atoms with E-state index in [0.29, 0.717) is 6.10 Å². The molecule has 0 aromatic carbocycles. The van der Waals surface area contributed by atoms with Crippen LogP contribution in [-0.2, 0) is 9.47 Å². The van der Waals surface area contributed by atoms with Crippen molar-refractivity contribution in [3.63, 3.8) is 0 Å². The van der Waals surface area contributed by atoms with Crippen LogP contribution in [0.3, 0.4) is 0 Å². The molecule has 0 spiro atoms. The number of hydrogen-bond acceptors (Lipinski definition) is 3. The van der Waals surface area contributed by atoms with Crippen molar-refractivity contribution in [2.75, 3.05) is 25.4 Å². The lowest BCUT2D eigenvalue weighted by Gasteiger charge is -1.94. The Balaban J connectivity index is 0.000000162. The molecule has 0 atom stereocenters. The Morgan fingerprint density at radius 1 is 1.50 bits per heavy atom. The molecule has 1 aliphatic rings.